The summed E-state index contributed by atoms with van der Waals surface area (Å²) >= 11 is 1.74. The predicted octanol–water partition coefficient (Wildman–Crippen LogP) is 4.37. The SMILES string of the molecule is CC(C)CSc1nc2cc(F)ccc2n1C1CCN(C(=O)C2CCN(Cc3cnc(N)nc3)CC2)CC1. The molecule has 0 saturated carbocycles. The third-order valence-electron chi connectivity index (χ3n) is 7.37. The first-order valence-electron chi connectivity index (χ1n) is 13.2. The predicted molar refractivity (Wildman–Crippen MR) is 145 cm³/mol. The average molecular weight is 526 g/mol. The van der Waals surface area contributed by atoms with Gasteiger partial charge in [0.05, 0.1) is 11.0 Å². The van der Waals surface area contributed by atoms with E-state index in [1.807, 2.05) is 6.07 Å². The molecular formula is C27H36FN7OS. The first-order chi connectivity index (χ1) is 17.9. The smallest absolute Gasteiger partial charge is 0.225 e. The van der Waals surface area contributed by atoms with Crippen LogP contribution in [0.1, 0.15) is 51.1 Å². The van der Waals surface area contributed by atoms with Crippen LogP contribution in [0.3, 0.4) is 0 Å². The van der Waals surface area contributed by atoms with Crippen LogP contribution in [-0.2, 0) is 11.3 Å². The molecule has 1 amide bonds. The van der Waals surface area contributed by atoms with Crippen LogP contribution in [0.25, 0.3) is 11.0 Å². The van der Waals surface area contributed by atoms with Gasteiger partial charge in [-0.1, -0.05) is 25.6 Å². The monoisotopic (exact) mass is 525 g/mol. The molecule has 0 spiro atoms. The van der Waals surface area contributed by atoms with Gasteiger partial charge in [0.1, 0.15) is 5.82 Å². The van der Waals surface area contributed by atoms with Crippen molar-refractivity contribution in [2.75, 3.05) is 37.7 Å². The van der Waals surface area contributed by atoms with Crippen molar-refractivity contribution < 1.29 is 9.18 Å². The molecule has 0 unspecified atom stereocenters. The Labute approximate surface area is 221 Å². The quantitative estimate of drug-likeness (QED) is 0.458. The number of nitrogen functional groups attached to an aromatic ring is 1. The molecule has 10 heteroatoms. The van der Waals surface area contributed by atoms with Crippen LogP contribution < -0.4 is 5.73 Å². The van der Waals surface area contributed by atoms with E-state index in [4.69, 9.17) is 10.7 Å². The average Bonchev–Trinajstić information content (AvgIpc) is 3.26. The highest BCUT2D eigenvalue weighted by molar-refractivity contribution is 7.99. The molecule has 198 valence electrons. The highest BCUT2D eigenvalue weighted by Crippen LogP contribution is 2.34. The molecule has 37 heavy (non-hydrogen) atoms. The molecule has 0 radical (unpaired) electrons. The van der Waals surface area contributed by atoms with Gasteiger partial charge in [-0.05, 0) is 56.8 Å². The van der Waals surface area contributed by atoms with Gasteiger partial charge in [-0.2, -0.15) is 0 Å². The van der Waals surface area contributed by atoms with Crippen LogP contribution in [0.15, 0.2) is 35.7 Å². The number of benzene rings is 1. The number of aromatic nitrogens is 4. The second-order valence-corrected chi connectivity index (χ2v) is 11.6. The van der Waals surface area contributed by atoms with E-state index in [2.05, 4.69) is 38.2 Å². The van der Waals surface area contributed by atoms with Gasteiger partial charge in [0.2, 0.25) is 11.9 Å². The Bertz CT molecular complexity index is 1220. The number of rotatable bonds is 7. The molecule has 5 rings (SSSR count). The van der Waals surface area contributed by atoms with Crippen LogP contribution in [0.5, 0.6) is 0 Å². The molecule has 2 fully saturated rings. The Morgan fingerprint density at radius 3 is 2.49 bits per heavy atom. The maximum Gasteiger partial charge on any atom is 0.225 e. The minimum Gasteiger partial charge on any atom is -0.368 e. The normalized spacial score (nSPS) is 18.2. The fourth-order valence-corrected chi connectivity index (χ4v) is 6.42. The maximum absolute atomic E-state index is 13.9. The Kier molecular flexibility index (Phi) is 7.95. The Morgan fingerprint density at radius 2 is 1.81 bits per heavy atom. The topological polar surface area (TPSA) is 93.2 Å². The number of nitrogens with two attached hydrogens (primary N) is 1. The summed E-state index contributed by atoms with van der Waals surface area (Å²) in [4.78, 5) is 30.7. The third kappa shape index (κ3) is 6.06. The Balaban J connectivity index is 1.18. The molecule has 3 aromatic rings. The fraction of sp³-hybridized carbons (Fsp3) is 0.556. The van der Waals surface area contributed by atoms with Crippen LogP contribution in [0.4, 0.5) is 10.3 Å². The van der Waals surface area contributed by atoms with Crippen LogP contribution in [0.2, 0.25) is 0 Å². The standard InChI is InChI=1S/C27H36FN7OS/c1-18(2)17-37-27-32-23-13-21(28)3-4-24(23)35(27)22-7-11-34(12-8-22)25(36)20-5-9-33(10-6-20)16-19-14-30-26(29)31-15-19/h3-4,13-15,18,20,22H,5-12,16-17H2,1-2H3,(H2,29,30,31). The number of likely N-dealkylation sites (tertiary alicyclic amines) is 2. The van der Waals surface area contributed by atoms with Gasteiger partial charge < -0.3 is 15.2 Å². The third-order valence-corrected chi connectivity index (χ3v) is 8.75. The minimum atomic E-state index is -0.258. The van der Waals surface area contributed by atoms with Gasteiger partial charge in [-0.3, -0.25) is 9.69 Å². The van der Waals surface area contributed by atoms with Crippen molar-refractivity contribution in [1.29, 1.82) is 0 Å². The van der Waals surface area contributed by atoms with Crippen molar-refractivity contribution >= 4 is 34.7 Å². The number of hydrogen-bond donors (Lipinski definition) is 1. The lowest BCUT2D eigenvalue weighted by Crippen LogP contribution is -2.45. The maximum atomic E-state index is 13.9. The number of halogens is 1. The highest BCUT2D eigenvalue weighted by Gasteiger charge is 2.32. The zero-order chi connectivity index (χ0) is 25.9. The van der Waals surface area contributed by atoms with E-state index in [9.17, 15) is 9.18 Å². The number of thioether (sulfide) groups is 1. The molecular weight excluding hydrogens is 489 g/mol. The summed E-state index contributed by atoms with van der Waals surface area (Å²) in [6.45, 7) is 8.47. The summed E-state index contributed by atoms with van der Waals surface area (Å²) in [6, 6.07) is 5.15. The van der Waals surface area contributed by atoms with E-state index in [0.717, 1.165) is 80.4 Å². The van der Waals surface area contributed by atoms with E-state index in [1.54, 1.807) is 24.2 Å². The van der Waals surface area contributed by atoms with E-state index in [0.29, 0.717) is 17.3 Å². The highest BCUT2D eigenvalue weighted by atomic mass is 32.2. The van der Waals surface area contributed by atoms with E-state index in [-0.39, 0.29) is 23.7 Å². The van der Waals surface area contributed by atoms with Crippen LogP contribution in [-0.4, -0.2) is 67.2 Å². The summed E-state index contributed by atoms with van der Waals surface area (Å²) in [7, 11) is 0. The van der Waals surface area contributed by atoms with E-state index >= 15 is 0 Å². The molecule has 0 aliphatic carbocycles. The fourth-order valence-electron chi connectivity index (χ4n) is 5.39. The van der Waals surface area contributed by atoms with Crippen molar-refractivity contribution in [2.24, 2.45) is 11.8 Å². The number of carbonyl (C=O) groups is 1. The number of amides is 1. The number of fused-ring (bicyclic) bond motifs is 1. The van der Waals surface area contributed by atoms with Gasteiger partial charge >= 0.3 is 0 Å². The molecule has 8 nitrogen and oxygen atoms in total. The summed E-state index contributed by atoms with van der Waals surface area (Å²) in [5.74, 6) is 1.92. The summed E-state index contributed by atoms with van der Waals surface area (Å²) < 4.78 is 16.2. The van der Waals surface area contributed by atoms with Crippen molar-refractivity contribution in [1.82, 2.24) is 29.3 Å². The number of carbonyl (C=O) groups excluding carboxylic acids is 1. The van der Waals surface area contributed by atoms with Gasteiger partial charge in [0, 0.05) is 61.4 Å². The number of nitrogens with zero attached hydrogens (tertiary/aromatic N) is 6. The van der Waals surface area contributed by atoms with E-state index < -0.39 is 0 Å². The molecule has 2 N–H and O–H groups in total. The van der Waals surface area contributed by atoms with Crippen LogP contribution >= 0.6 is 11.8 Å². The second kappa shape index (κ2) is 11.3. The Morgan fingerprint density at radius 1 is 1.11 bits per heavy atom. The number of imidazole rings is 1. The number of anilines is 1. The molecule has 2 saturated heterocycles. The minimum absolute atomic E-state index is 0.0877. The lowest BCUT2D eigenvalue weighted by atomic mass is 9.93. The van der Waals surface area contributed by atoms with Crippen molar-refractivity contribution in [3.8, 4) is 0 Å². The zero-order valence-corrected chi connectivity index (χ0v) is 22.5. The number of piperidine rings is 2. The first-order valence-corrected chi connectivity index (χ1v) is 14.2. The molecule has 4 heterocycles. The lowest BCUT2D eigenvalue weighted by molar-refractivity contribution is -0.138. The second-order valence-electron chi connectivity index (χ2n) is 10.7. The summed E-state index contributed by atoms with van der Waals surface area (Å²) in [5.41, 5.74) is 8.32. The molecule has 2 aromatic heterocycles. The van der Waals surface area contributed by atoms with Gasteiger partial charge in [0.25, 0.3) is 0 Å². The number of hydrogen-bond acceptors (Lipinski definition) is 7. The zero-order valence-electron chi connectivity index (χ0n) is 21.6. The summed E-state index contributed by atoms with van der Waals surface area (Å²) in [6.07, 6.45) is 7.08. The Hall–Kier alpha value is -2.72. The van der Waals surface area contributed by atoms with Crippen molar-refractivity contribution in [3.05, 3.63) is 42.0 Å². The van der Waals surface area contributed by atoms with Crippen molar-refractivity contribution in [3.63, 3.8) is 0 Å². The van der Waals surface area contributed by atoms with Gasteiger partial charge in [-0.15, -0.1) is 0 Å². The summed E-state index contributed by atoms with van der Waals surface area (Å²) in [5, 5.41) is 0.956. The molecule has 2 aliphatic heterocycles. The molecule has 0 bridgehead atoms. The first kappa shape index (κ1) is 25.9. The van der Waals surface area contributed by atoms with Crippen molar-refractivity contribution in [2.45, 2.75) is 57.3 Å². The van der Waals surface area contributed by atoms with Gasteiger partial charge in [0.15, 0.2) is 5.16 Å². The van der Waals surface area contributed by atoms with Crippen LogP contribution in [0, 0.1) is 17.7 Å². The largest absolute Gasteiger partial charge is 0.368 e. The molecule has 0 atom stereocenters. The lowest BCUT2D eigenvalue weighted by Gasteiger charge is -2.38. The van der Waals surface area contributed by atoms with E-state index in [1.165, 1.54) is 12.1 Å². The molecule has 2 aliphatic rings. The molecule has 1 aromatic carbocycles. The van der Waals surface area contributed by atoms with Gasteiger partial charge in [-0.25, -0.2) is 19.3 Å².